The topological polar surface area (TPSA) is 74.0 Å². The zero-order valence-electron chi connectivity index (χ0n) is 16.1. The van der Waals surface area contributed by atoms with Crippen molar-refractivity contribution in [2.24, 2.45) is 10.7 Å². The van der Waals surface area contributed by atoms with E-state index < -0.39 is 0 Å². The van der Waals surface area contributed by atoms with E-state index >= 15 is 0 Å². The summed E-state index contributed by atoms with van der Waals surface area (Å²) in [6.45, 7) is 5.92. The van der Waals surface area contributed by atoms with Crippen molar-refractivity contribution in [2.75, 3.05) is 44.2 Å². The summed E-state index contributed by atoms with van der Waals surface area (Å²) in [5, 5.41) is 2.86. The summed E-state index contributed by atoms with van der Waals surface area (Å²) < 4.78 is 13.0. The largest absolute Gasteiger partial charge is 0.370 e. The molecule has 28 heavy (non-hydrogen) atoms. The van der Waals surface area contributed by atoms with Gasteiger partial charge >= 0.3 is 0 Å². The molecule has 1 aliphatic heterocycles. The van der Waals surface area contributed by atoms with Gasteiger partial charge in [-0.3, -0.25) is 9.79 Å². The number of hydrogen-bond donors (Lipinski definition) is 2. The van der Waals surface area contributed by atoms with Crippen molar-refractivity contribution >= 4 is 17.6 Å². The van der Waals surface area contributed by atoms with Crippen molar-refractivity contribution in [3.8, 4) is 0 Å². The second kappa shape index (κ2) is 9.21. The van der Waals surface area contributed by atoms with Gasteiger partial charge < -0.3 is 20.9 Å². The fraction of sp³-hybridized carbons (Fsp3) is 0.333. The summed E-state index contributed by atoms with van der Waals surface area (Å²) in [5.74, 6) is 0.155. The number of nitrogens with zero attached hydrogens (tertiary/aromatic N) is 3. The summed E-state index contributed by atoms with van der Waals surface area (Å²) >= 11 is 0. The van der Waals surface area contributed by atoms with Crippen LogP contribution in [0.1, 0.15) is 15.9 Å². The van der Waals surface area contributed by atoms with Gasteiger partial charge in [-0.25, -0.2) is 4.39 Å². The third kappa shape index (κ3) is 5.22. The molecular formula is C21H26FN5O. The number of carbonyl (C=O) groups is 1. The average molecular weight is 383 g/mol. The molecule has 3 N–H and O–H groups in total. The lowest BCUT2D eigenvalue weighted by atomic mass is 10.1. The molecular weight excluding hydrogens is 357 g/mol. The third-order valence-corrected chi connectivity index (χ3v) is 4.75. The molecule has 1 saturated heterocycles. The second-order valence-corrected chi connectivity index (χ2v) is 6.82. The van der Waals surface area contributed by atoms with Crippen LogP contribution in [-0.4, -0.2) is 56.0 Å². The Morgan fingerprint density at radius 3 is 2.54 bits per heavy atom. The average Bonchev–Trinajstić information content (AvgIpc) is 2.71. The minimum absolute atomic E-state index is 0.106. The van der Waals surface area contributed by atoms with Crippen LogP contribution in [0.2, 0.25) is 0 Å². The van der Waals surface area contributed by atoms with Crippen molar-refractivity contribution in [1.29, 1.82) is 0 Å². The normalized spacial score (nSPS) is 14.9. The summed E-state index contributed by atoms with van der Waals surface area (Å²) in [6.07, 6.45) is 0. The predicted molar refractivity (Wildman–Crippen MR) is 110 cm³/mol. The van der Waals surface area contributed by atoms with Gasteiger partial charge in [-0.15, -0.1) is 0 Å². The second-order valence-electron chi connectivity index (χ2n) is 6.82. The third-order valence-electron chi connectivity index (χ3n) is 4.75. The summed E-state index contributed by atoms with van der Waals surface area (Å²) in [5.41, 5.74) is 8.80. The van der Waals surface area contributed by atoms with Crippen LogP contribution >= 0.6 is 0 Å². The van der Waals surface area contributed by atoms with Gasteiger partial charge in [0.05, 0.1) is 6.54 Å². The van der Waals surface area contributed by atoms with E-state index in [4.69, 9.17) is 5.73 Å². The summed E-state index contributed by atoms with van der Waals surface area (Å²) in [6, 6.07) is 14.0. The molecule has 148 valence electrons. The summed E-state index contributed by atoms with van der Waals surface area (Å²) in [4.78, 5) is 20.7. The molecule has 0 radical (unpaired) electrons. The molecule has 1 amide bonds. The molecule has 7 heteroatoms. The monoisotopic (exact) mass is 383 g/mol. The van der Waals surface area contributed by atoms with Gasteiger partial charge in [0.15, 0.2) is 5.96 Å². The van der Waals surface area contributed by atoms with E-state index in [1.54, 1.807) is 18.2 Å². The van der Waals surface area contributed by atoms with Crippen LogP contribution in [-0.2, 0) is 0 Å². The number of anilines is 1. The number of guanidine groups is 1. The first kappa shape index (κ1) is 19.7. The van der Waals surface area contributed by atoms with Crippen molar-refractivity contribution in [3.05, 3.63) is 65.5 Å². The molecule has 6 nitrogen and oxygen atoms in total. The summed E-state index contributed by atoms with van der Waals surface area (Å²) in [7, 11) is 0. The Balaban J connectivity index is 1.42. The lowest BCUT2D eigenvalue weighted by Crippen LogP contribution is -2.51. The Labute approximate surface area is 164 Å². The van der Waals surface area contributed by atoms with Crippen LogP contribution in [0.25, 0.3) is 0 Å². The molecule has 1 heterocycles. The Hall–Kier alpha value is -3.09. The highest BCUT2D eigenvalue weighted by Gasteiger charge is 2.18. The van der Waals surface area contributed by atoms with E-state index in [0.29, 0.717) is 24.6 Å². The highest BCUT2D eigenvalue weighted by molar-refractivity contribution is 5.94. The number of nitrogens with one attached hydrogen (secondary N) is 1. The quantitative estimate of drug-likeness (QED) is 0.471. The first-order chi connectivity index (χ1) is 13.5. The van der Waals surface area contributed by atoms with Crippen LogP contribution in [0.5, 0.6) is 0 Å². The number of aliphatic imine (C=N–C) groups is 1. The van der Waals surface area contributed by atoms with Crippen molar-refractivity contribution in [3.63, 3.8) is 0 Å². The number of amides is 1. The van der Waals surface area contributed by atoms with Gasteiger partial charge in [-0.2, -0.15) is 0 Å². The molecule has 1 aliphatic rings. The first-order valence-corrected chi connectivity index (χ1v) is 9.43. The van der Waals surface area contributed by atoms with Gasteiger partial charge in [0, 0.05) is 44.0 Å². The van der Waals surface area contributed by atoms with Crippen LogP contribution in [0.15, 0.2) is 53.5 Å². The molecule has 0 spiro atoms. The molecule has 3 rings (SSSR count). The van der Waals surface area contributed by atoms with Gasteiger partial charge in [0.1, 0.15) is 5.82 Å². The number of rotatable bonds is 5. The zero-order valence-corrected chi connectivity index (χ0v) is 16.1. The molecule has 2 aromatic rings. The number of carbonyl (C=O) groups excluding carboxylic acids is 1. The Morgan fingerprint density at radius 2 is 1.86 bits per heavy atom. The standard InChI is InChI=1S/C21H26FN5O/c1-16-3-2-4-17(15-16)20(28)24-9-10-25-21(23)27-13-11-26(12-14-27)19-7-5-18(22)6-8-19/h2-8,15H,9-14H2,1H3,(H2,23,25)(H,24,28). The Kier molecular flexibility index (Phi) is 6.47. The lowest BCUT2D eigenvalue weighted by Gasteiger charge is -2.36. The van der Waals surface area contributed by atoms with Gasteiger partial charge in [-0.1, -0.05) is 17.7 Å². The SMILES string of the molecule is Cc1cccc(C(=O)NCCN=C(N)N2CCN(c3ccc(F)cc3)CC2)c1. The van der Waals surface area contributed by atoms with Gasteiger partial charge in [0.25, 0.3) is 5.91 Å². The van der Waals surface area contributed by atoms with Gasteiger partial charge in [0.2, 0.25) is 0 Å². The van der Waals surface area contributed by atoms with Crippen LogP contribution in [0.3, 0.4) is 0 Å². The van der Waals surface area contributed by atoms with E-state index in [-0.39, 0.29) is 11.7 Å². The fourth-order valence-electron chi connectivity index (χ4n) is 3.17. The van der Waals surface area contributed by atoms with Crippen LogP contribution < -0.4 is 16.0 Å². The fourth-order valence-corrected chi connectivity index (χ4v) is 3.17. The van der Waals surface area contributed by atoms with Gasteiger partial charge in [-0.05, 0) is 43.3 Å². The van der Waals surface area contributed by atoms with Crippen molar-refractivity contribution in [2.45, 2.75) is 6.92 Å². The number of aryl methyl sites for hydroxylation is 1. The molecule has 0 aliphatic carbocycles. The molecule has 1 fully saturated rings. The maximum absolute atomic E-state index is 13.0. The number of benzene rings is 2. The van der Waals surface area contributed by atoms with Crippen LogP contribution in [0, 0.1) is 12.7 Å². The maximum Gasteiger partial charge on any atom is 0.251 e. The highest BCUT2D eigenvalue weighted by atomic mass is 19.1. The molecule has 0 bridgehead atoms. The molecule has 0 unspecified atom stereocenters. The minimum atomic E-state index is -0.228. The van der Waals surface area contributed by atoms with E-state index in [2.05, 4.69) is 15.2 Å². The van der Waals surface area contributed by atoms with Crippen LogP contribution in [0.4, 0.5) is 10.1 Å². The number of nitrogens with two attached hydrogens (primary N) is 1. The van der Waals surface area contributed by atoms with E-state index in [9.17, 15) is 9.18 Å². The zero-order chi connectivity index (χ0) is 19.9. The number of halogens is 1. The lowest BCUT2D eigenvalue weighted by molar-refractivity contribution is 0.0954. The molecule has 2 aromatic carbocycles. The molecule has 0 atom stereocenters. The van der Waals surface area contributed by atoms with E-state index in [1.807, 2.05) is 30.0 Å². The number of hydrogen-bond acceptors (Lipinski definition) is 3. The Morgan fingerprint density at radius 1 is 1.14 bits per heavy atom. The molecule has 0 aromatic heterocycles. The predicted octanol–water partition coefficient (Wildman–Crippen LogP) is 2.00. The smallest absolute Gasteiger partial charge is 0.251 e. The highest BCUT2D eigenvalue weighted by Crippen LogP contribution is 2.16. The number of piperazine rings is 1. The van der Waals surface area contributed by atoms with Crippen molar-refractivity contribution in [1.82, 2.24) is 10.2 Å². The van der Waals surface area contributed by atoms with Crippen molar-refractivity contribution < 1.29 is 9.18 Å². The molecule has 0 saturated carbocycles. The van der Waals surface area contributed by atoms with E-state index in [0.717, 1.165) is 37.4 Å². The van der Waals surface area contributed by atoms with E-state index in [1.165, 1.54) is 12.1 Å². The minimum Gasteiger partial charge on any atom is -0.370 e. The maximum atomic E-state index is 13.0. The first-order valence-electron chi connectivity index (χ1n) is 9.43. The Bertz CT molecular complexity index is 829.